The Kier molecular flexibility index (Phi) is 4.94. The summed E-state index contributed by atoms with van der Waals surface area (Å²) < 4.78 is 5.26. The summed E-state index contributed by atoms with van der Waals surface area (Å²) in [4.78, 5) is 12.0. The SMILES string of the molecule is C#CC(C)(C=C)OC(=O)c1ccc(C(C)CC)cc1. The molecule has 100 valence electrons. The van der Waals surface area contributed by atoms with E-state index < -0.39 is 11.6 Å². The molecule has 0 aliphatic carbocycles. The third kappa shape index (κ3) is 3.72. The lowest BCUT2D eigenvalue weighted by Gasteiger charge is -2.19. The summed E-state index contributed by atoms with van der Waals surface area (Å²) in [6.45, 7) is 9.50. The Morgan fingerprint density at radius 3 is 2.53 bits per heavy atom. The standard InChI is InChI=1S/C17H20O2/c1-6-13(4)14-9-11-15(12-10-14)16(18)19-17(5,7-2)8-3/h2,8-13H,3,6H2,1,4-5H3. The van der Waals surface area contributed by atoms with Gasteiger partial charge in [-0.1, -0.05) is 38.5 Å². The van der Waals surface area contributed by atoms with Gasteiger partial charge in [0.2, 0.25) is 0 Å². The van der Waals surface area contributed by atoms with Gasteiger partial charge in [-0.05, 0) is 43.0 Å². The van der Waals surface area contributed by atoms with Crippen LogP contribution in [0.3, 0.4) is 0 Å². The van der Waals surface area contributed by atoms with Crippen molar-refractivity contribution in [2.45, 2.75) is 38.7 Å². The molecule has 0 saturated heterocycles. The van der Waals surface area contributed by atoms with Gasteiger partial charge in [-0.3, -0.25) is 0 Å². The van der Waals surface area contributed by atoms with Gasteiger partial charge in [-0.25, -0.2) is 4.79 Å². The lowest BCUT2D eigenvalue weighted by molar-refractivity contribution is 0.0284. The highest BCUT2D eigenvalue weighted by Gasteiger charge is 2.22. The van der Waals surface area contributed by atoms with Crippen molar-refractivity contribution in [3.8, 4) is 12.3 Å². The summed E-state index contributed by atoms with van der Waals surface area (Å²) >= 11 is 0. The highest BCUT2D eigenvalue weighted by molar-refractivity contribution is 5.90. The van der Waals surface area contributed by atoms with Gasteiger partial charge in [0.15, 0.2) is 5.60 Å². The maximum atomic E-state index is 12.0. The minimum absolute atomic E-state index is 0.434. The van der Waals surface area contributed by atoms with Crippen molar-refractivity contribution in [1.29, 1.82) is 0 Å². The maximum Gasteiger partial charge on any atom is 0.339 e. The van der Waals surface area contributed by atoms with Gasteiger partial charge in [0, 0.05) is 0 Å². The molecule has 1 rings (SSSR count). The second-order valence-corrected chi connectivity index (χ2v) is 4.78. The van der Waals surface area contributed by atoms with Gasteiger partial charge in [-0.15, -0.1) is 6.42 Å². The van der Waals surface area contributed by atoms with Crippen molar-refractivity contribution >= 4 is 5.97 Å². The molecule has 2 atom stereocenters. The fourth-order valence-corrected chi connectivity index (χ4v) is 1.56. The summed E-state index contributed by atoms with van der Waals surface area (Å²) in [5.41, 5.74) is 0.643. The Labute approximate surface area is 115 Å². The summed E-state index contributed by atoms with van der Waals surface area (Å²) in [5, 5.41) is 0. The third-order valence-corrected chi connectivity index (χ3v) is 3.31. The predicted molar refractivity (Wildman–Crippen MR) is 78.0 cm³/mol. The van der Waals surface area contributed by atoms with Gasteiger partial charge in [0.25, 0.3) is 0 Å². The maximum absolute atomic E-state index is 12.0. The normalized spacial score (nSPS) is 14.8. The fourth-order valence-electron chi connectivity index (χ4n) is 1.56. The summed E-state index contributed by atoms with van der Waals surface area (Å²) in [6, 6.07) is 7.44. The van der Waals surface area contributed by atoms with Crippen LogP contribution in [-0.4, -0.2) is 11.6 Å². The Bertz CT molecular complexity index is 493. The van der Waals surface area contributed by atoms with E-state index in [9.17, 15) is 4.79 Å². The Hall–Kier alpha value is -2.01. The van der Waals surface area contributed by atoms with Gasteiger partial charge >= 0.3 is 5.97 Å². The topological polar surface area (TPSA) is 26.3 Å². The molecule has 0 aliphatic heterocycles. The molecule has 0 N–H and O–H groups in total. The molecule has 0 bridgehead atoms. The Morgan fingerprint density at radius 2 is 2.11 bits per heavy atom. The number of carbonyl (C=O) groups is 1. The second kappa shape index (κ2) is 6.24. The number of hydrogen-bond acceptors (Lipinski definition) is 2. The molecule has 0 spiro atoms. The number of ether oxygens (including phenoxy) is 1. The molecule has 0 saturated carbocycles. The largest absolute Gasteiger partial charge is 0.439 e. The molecule has 0 amide bonds. The molecule has 0 fully saturated rings. The van der Waals surface area contributed by atoms with Crippen LogP contribution in [0, 0.1) is 12.3 Å². The number of hydrogen-bond donors (Lipinski definition) is 0. The molecule has 2 heteroatoms. The molecular formula is C17H20O2. The molecule has 0 heterocycles. The number of rotatable bonds is 5. The van der Waals surface area contributed by atoms with Crippen molar-refractivity contribution in [2.24, 2.45) is 0 Å². The Balaban J connectivity index is 2.85. The fraction of sp³-hybridized carbons (Fsp3) is 0.353. The van der Waals surface area contributed by atoms with Crippen molar-refractivity contribution in [3.63, 3.8) is 0 Å². The molecule has 1 aromatic rings. The highest BCUT2D eigenvalue weighted by atomic mass is 16.6. The zero-order valence-electron chi connectivity index (χ0n) is 11.8. The van der Waals surface area contributed by atoms with E-state index in [4.69, 9.17) is 11.2 Å². The van der Waals surface area contributed by atoms with Crippen LogP contribution in [0.2, 0.25) is 0 Å². The molecule has 2 nitrogen and oxygen atoms in total. The molecule has 0 aliphatic rings. The minimum Gasteiger partial charge on any atom is -0.439 e. The summed E-state index contributed by atoms with van der Waals surface area (Å²) in [5.74, 6) is 2.45. The summed E-state index contributed by atoms with van der Waals surface area (Å²) in [7, 11) is 0. The minimum atomic E-state index is -1.06. The van der Waals surface area contributed by atoms with Gasteiger partial charge in [0.05, 0.1) is 5.56 Å². The monoisotopic (exact) mass is 256 g/mol. The van der Waals surface area contributed by atoms with Gasteiger partial charge < -0.3 is 4.74 Å². The van der Waals surface area contributed by atoms with Crippen LogP contribution in [0.1, 0.15) is 49.0 Å². The summed E-state index contributed by atoms with van der Waals surface area (Å²) in [6.07, 6.45) is 7.84. The highest BCUT2D eigenvalue weighted by Crippen LogP contribution is 2.20. The quantitative estimate of drug-likeness (QED) is 0.453. The van der Waals surface area contributed by atoms with Crippen LogP contribution in [0.25, 0.3) is 0 Å². The predicted octanol–water partition coefficient (Wildman–Crippen LogP) is 3.93. The van der Waals surface area contributed by atoms with E-state index >= 15 is 0 Å². The van der Waals surface area contributed by atoms with Crippen molar-refractivity contribution < 1.29 is 9.53 Å². The van der Waals surface area contributed by atoms with E-state index in [-0.39, 0.29) is 0 Å². The van der Waals surface area contributed by atoms with Crippen LogP contribution >= 0.6 is 0 Å². The first-order valence-electron chi connectivity index (χ1n) is 6.40. The molecule has 1 aromatic carbocycles. The first kappa shape index (κ1) is 15.0. The first-order valence-corrected chi connectivity index (χ1v) is 6.40. The van der Waals surface area contributed by atoms with Crippen LogP contribution in [0.15, 0.2) is 36.9 Å². The van der Waals surface area contributed by atoms with E-state index in [2.05, 4.69) is 26.3 Å². The first-order chi connectivity index (χ1) is 8.95. The average Bonchev–Trinajstić information content (AvgIpc) is 2.46. The zero-order chi connectivity index (χ0) is 14.5. The van der Waals surface area contributed by atoms with E-state index in [0.29, 0.717) is 11.5 Å². The Morgan fingerprint density at radius 1 is 1.53 bits per heavy atom. The average molecular weight is 256 g/mol. The molecule has 0 radical (unpaired) electrons. The molecule has 0 aromatic heterocycles. The second-order valence-electron chi connectivity index (χ2n) is 4.78. The number of carbonyl (C=O) groups excluding carboxylic acids is 1. The smallest absolute Gasteiger partial charge is 0.339 e. The van der Waals surface area contributed by atoms with Crippen molar-refractivity contribution in [2.75, 3.05) is 0 Å². The van der Waals surface area contributed by atoms with E-state index in [1.165, 1.54) is 11.6 Å². The van der Waals surface area contributed by atoms with Gasteiger partial charge in [0.1, 0.15) is 0 Å². The molecular weight excluding hydrogens is 236 g/mol. The van der Waals surface area contributed by atoms with E-state index in [1.54, 1.807) is 19.1 Å². The third-order valence-electron chi connectivity index (χ3n) is 3.31. The van der Waals surface area contributed by atoms with Crippen LogP contribution < -0.4 is 0 Å². The molecule has 19 heavy (non-hydrogen) atoms. The van der Waals surface area contributed by atoms with Crippen LogP contribution in [-0.2, 0) is 4.74 Å². The van der Waals surface area contributed by atoms with Gasteiger partial charge in [-0.2, -0.15) is 0 Å². The van der Waals surface area contributed by atoms with Crippen molar-refractivity contribution in [1.82, 2.24) is 0 Å². The van der Waals surface area contributed by atoms with E-state index in [0.717, 1.165) is 6.42 Å². The number of benzene rings is 1. The lowest BCUT2D eigenvalue weighted by Crippen LogP contribution is -2.27. The number of esters is 1. The lowest BCUT2D eigenvalue weighted by atomic mass is 9.97. The van der Waals surface area contributed by atoms with Crippen LogP contribution in [0.4, 0.5) is 0 Å². The zero-order valence-corrected chi connectivity index (χ0v) is 11.8. The van der Waals surface area contributed by atoms with E-state index in [1.807, 2.05) is 12.1 Å². The van der Waals surface area contributed by atoms with Crippen LogP contribution in [0.5, 0.6) is 0 Å². The molecule has 2 unspecified atom stereocenters. The van der Waals surface area contributed by atoms with Crippen molar-refractivity contribution in [3.05, 3.63) is 48.0 Å². The number of terminal acetylenes is 1.